The van der Waals surface area contributed by atoms with E-state index in [2.05, 4.69) is 43.7 Å². The Hall–Kier alpha value is -2.95. The number of aryl methyl sites for hydroxylation is 1. The second-order valence-corrected chi connectivity index (χ2v) is 6.48. The van der Waals surface area contributed by atoms with Crippen LogP contribution in [0.25, 0.3) is 22.6 Å². The number of guanidine groups is 1. The van der Waals surface area contributed by atoms with Crippen molar-refractivity contribution in [2.24, 2.45) is 4.99 Å². The Morgan fingerprint density at radius 2 is 1.93 bits per heavy atom. The lowest BCUT2D eigenvalue weighted by atomic mass is 10.1. The Labute approximate surface area is 191 Å². The third kappa shape index (κ3) is 4.96. The summed E-state index contributed by atoms with van der Waals surface area (Å²) >= 11 is 0. The maximum atomic E-state index is 5.93. The first kappa shape index (κ1) is 21.8. The van der Waals surface area contributed by atoms with Crippen molar-refractivity contribution in [3.8, 4) is 11.6 Å². The van der Waals surface area contributed by atoms with Gasteiger partial charge < -0.3 is 19.6 Å². The van der Waals surface area contributed by atoms with Gasteiger partial charge in [0.1, 0.15) is 17.0 Å². The summed E-state index contributed by atoms with van der Waals surface area (Å²) in [5.74, 6) is 2.61. The molecule has 0 atom stereocenters. The van der Waals surface area contributed by atoms with Crippen LogP contribution < -0.4 is 10.6 Å². The van der Waals surface area contributed by atoms with Gasteiger partial charge in [-0.2, -0.15) is 4.98 Å². The number of hydrogen-bond acceptors (Lipinski definition) is 6. The summed E-state index contributed by atoms with van der Waals surface area (Å²) in [6.07, 6.45) is 2.29. The molecule has 4 aromatic rings. The van der Waals surface area contributed by atoms with E-state index in [1.54, 1.807) is 13.2 Å². The molecule has 1 aromatic carbocycles. The van der Waals surface area contributed by atoms with Crippen LogP contribution in [-0.4, -0.2) is 34.7 Å². The van der Waals surface area contributed by atoms with E-state index in [4.69, 9.17) is 8.94 Å². The SMILES string of the molecule is CN=C(NCCc1noc(-c2ccccn2)n1)NCc1oc2ccccc2c1C.I. The summed E-state index contributed by atoms with van der Waals surface area (Å²) in [7, 11) is 1.73. The fraction of sp³-hybridized carbons (Fsp3) is 0.238. The highest BCUT2D eigenvalue weighted by Crippen LogP contribution is 2.24. The van der Waals surface area contributed by atoms with Gasteiger partial charge in [-0.1, -0.05) is 29.4 Å². The largest absolute Gasteiger partial charge is 0.459 e. The molecular formula is C21H23IN6O2. The van der Waals surface area contributed by atoms with E-state index in [0.29, 0.717) is 42.9 Å². The van der Waals surface area contributed by atoms with Crippen LogP contribution in [0.2, 0.25) is 0 Å². The first-order valence-corrected chi connectivity index (χ1v) is 9.40. The Kier molecular flexibility index (Phi) is 7.39. The average Bonchev–Trinajstić information content (AvgIpc) is 3.36. The van der Waals surface area contributed by atoms with Crippen LogP contribution in [0.1, 0.15) is 17.1 Å². The smallest absolute Gasteiger partial charge is 0.276 e. The molecule has 0 saturated carbocycles. The molecule has 0 saturated heterocycles. The monoisotopic (exact) mass is 518 g/mol. The summed E-state index contributed by atoms with van der Waals surface area (Å²) in [5, 5.41) is 11.7. The number of pyridine rings is 1. The quantitative estimate of drug-likeness (QED) is 0.228. The van der Waals surface area contributed by atoms with Gasteiger partial charge in [0.25, 0.3) is 5.89 Å². The number of fused-ring (bicyclic) bond motifs is 1. The Morgan fingerprint density at radius 1 is 1.10 bits per heavy atom. The highest BCUT2D eigenvalue weighted by atomic mass is 127. The molecule has 3 heterocycles. The minimum atomic E-state index is 0. The molecule has 0 aliphatic rings. The zero-order chi connectivity index (χ0) is 20.1. The summed E-state index contributed by atoms with van der Waals surface area (Å²) in [4.78, 5) is 12.8. The average molecular weight is 518 g/mol. The number of hydrogen-bond donors (Lipinski definition) is 2. The molecular weight excluding hydrogens is 495 g/mol. The van der Waals surface area contributed by atoms with E-state index < -0.39 is 0 Å². The number of furan rings is 1. The minimum Gasteiger partial charge on any atom is -0.459 e. The van der Waals surface area contributed by atoms with E-state index >= 15 is 0 Å². The van der Waals surface area contributed by atoms with E-state index in [-0.39, 0.29) is 24.0 Å². The van der Waals surface area contributed by atoms with Crippen LogP contribution >= 0.6 is 24.0 Å². The van der Waals surface area contributed by atoms with E-state index in [0.717, 1.165) is 22.3 Å². The van der Waals surface area contributed by atoms with E-state index in [1.807, 2.05) is 36.4 Å². The fourth-order valence-corrected chi connectivity index (χ4v) is 3.02. The number of aliphatic imine (C=N–C) groups is 1. The molecule has 0 bridgehead atoms. The van der Waals surface area contributed by atoms with Crippen molar-refractivity contribution in [1.29, 1.82) is 0 Å². The van der Waals surface area contributed by atoms with Gasteiger partial charge in [-0.15, -0.1) is 24.0 Å². The van der Waals surface area contributed by atoms with Gasteiger partial charge in [-0.25, -0.2) is 0 Å². The lowest BCUT2D eigenvalue weighted by Crippen LogP contribution is -2.38. The van der Waals surface area contributed by atoms with Crippen molar-refractivity contribution in [3.63, 3.8) is 0 Å². The van der Waals surface area contributed by atoms with Gasteiger partial charge in [0.05, 0.1) is 6.54 Å². The fourth-order valence-electron chi connectivity index (χ4n) is 3.02. The molecule has 8 nitrogen and oxygen atoms in total. The molecule has 2 N–H and O–H groups in total. The number of aromatic nitrogens is 3. The minimum absolute atomic E-state index is 0. The normalized spacial score (nSPS) is 11.3. The predicted molar refractivity (Wildman–Crippen MR) is 126 cm³/mol. The van der Waals surface area contributed by atoms with Crippen LogP contribution in [-0.2, 0) is 13.0 Å². The number of nitrogens with zero attached hydrogens (tertiary/aromatic N) is 4. The van der Waals surface area contributed by atoms with Crippen LogP contribution in [0.15, 0.2) is 62.6 Å². The van der Waals surface area contributed by atoms with Crippen LogP contribution in [0.3, 0.4) is 0 Å². The summed E-state index contributed by atoms with van der Waals surface area (Å²) in [6.45, 7) is 3.22. The number of rotatable bonds is 6. The highest BCUT2D eigenvalue weighted by molar-refractivity contribution is 14.0. The van der Waals surface area contributed by atoms with Crippen LogP contribution in [0, 0.1) is 6.92 Å². The molecule has 0 spiro atoms. The molecule has 156 valence electrons. The van der Waals surface area contributed by atoms with Gasteiger partial charge >= 0.3 is 0 Å². The lowest BCUT2D eigenvalue weighted by Gasteiger charge is -2.10. The third-order valence-corrected chi connectivity index (χ3v) is 4.58. The Bertz CT molecular complexity index is 1120. The second-order valence-electron chi connectivity index (χ2n) is 6.48. The predicted octanol–water partition coefficient (Wildman–Crippen LogP) is 3.71. The first-order chi connectivity index (χ1) is 14.2. The van der Waals surface area contributed by atoms with Gasteiger partial charge in [-0.05, 0) is 25.1 Å². The topological polar surface area (TPSA) is 101 Å². The van der Waals surface area contributed by atoms with Crippen molar-refractivity contribution in [1.82, 2.24) is 25.8 Å². The molecule has 0 fully saturated rings. The van der Waals surface area contributed by atoms with Crippen LogP contribution in [0.5, 0.6) is 0 Å². The van der Waals surface area contributed by atoms with Crippen molar-refractivity contribution >= 4 is 40.9 Å². The Morgan fingerprint density at radius 3 is 2.70 bits per heavy atom. The summed E-state index contributed by atoms with van der Waals surface area (Å²) in [5.41, 5.74) is 2.70. The first-order valence-electron chi connectivity index (χ1n) is 9.40. The van der Waals surface area contributed by atoms with E-state index in [1.165, 1.54) is 0 Å². The highest BCUT2D eigenvalue weighted by Gasteiger charge is 2.11. The zero-order valence-electron chi connectivity index (χ0n) is 16.8. The maximum Gasteiger partial charge on any atom is 0.276 e. The van der Waals surface area contributed by atoms with Crippen molar-refractivity contribution in [2.75, 3.05) is 13.6 Å². The van der Waals surface area contributed by atoms with Gasteiger partial charge in [-0.3, -0.25) is 9.98 Å². The summed E-state index contributed by atoms with van der Waals surface area (Å²) < 4.78 is 11.2. The second kappa shape index (κ2) is 10.2. The third-order valence-electron chi connectivity index (χ3n) is 4.58. The molecule has 4 rings (SSSR count). The number of benzene rings is 1. The van der Waals surface area contributed by atoms with Crippen molar-refractivity contribution < 1.29 is 8.94 Å². The lowest BCUT2D eigenvalue weighted by molar-refractivity contribution is 0.421. The number of nitrogens with one attached hydrogen (secondary N) is 2. The maximum absolute atomic E-state index is 5.93. The van der Waals surface area contributed by atoms with E-state index in [9.17, 15) is 0 Å². The standard InChI is InChI=1S/C21H22N6O2.HI/c1-14-15-7-3-4-9-17(15)28-18(14)13-25-21(22-2)24-12-10-19-26-20(29-27-19)16-8-5-6-11-23-16;/h3-9,11H,10,12-13H2,1-2H3,(H2,22,24,25);1H. The van der Waals surface area contributed by atoms with Crippen molar-refractivity contribution in [2.45, 2.75) is 19.9 Å². The van der Waals surface area contributed by atoms with Gasteiger partial charge in [0.15, 0.2) is 11.8 Å². The zero-order valence-corrected chi connectivity index (χ0v) is 19.1. The molecule has 0 unspecified atom stereocenters. The number of halogens is 1. The Balaban J connectivity index is 0.00000256. The van der Waals surface area contributed by atoms with Crippen LogP contribution in [0.4, 0.5) is 0 Å². The molecule has 30 heavy (non-hydrogen) atoms. The molecule has 0 radical (unpaired) electrons. The van der Waals surface area contributed by atoms with Gasteiger partial charge in [0.2, 0.25) is 0 Å². The molecule has 3 aromatic heterocycles. The molecule has 0 amide bonds. The van der Waals surface area contributed by atoms with Gasteiger partial charge in [0, 0.05) is 37.2 Å². The molecule has 9 heteroatoms. The molecule has 0 aliphatic heterocycles. The van der Waals surface area contributed by atoms with Crippen molar-refractivity contribution in [3.05, 3.63) is 65.8 Å². The molecule has 0 aliphatic carbocycles. The summed E-state index contributed by atoms with van der Waals surface area (Å²) in [6, 6.07) is 13.6. The number of para-hydroxylation sites is 1.